The van der Waals surface area contributed by atoms with Gasteiger partial charge in [0.05, 0.1) is 14.2 Å². The molecule has 0 fully saturated rings. The second kappa shape index (κ2) is 9.13. The molecule has 5 heteroatoms. The highest BCUT2D eigenvalue weighted by molar-refractivity contribution is 5.85. The molecule has 5 nitrogen and oxygen atoms in total. The maximum atomic E-state index is 12.2. The molecule has 26 heavy (non-hydrogen) atoms. The minimum absolute atomic E-state index is 0.0134. The second-order valence-electron chi connectivity index (χ2n) is 6.65. The number of nitrogens with one attached hydrogen (secondary N) is 2. The van der Waals surface area contributed by atoms with Crippen LogP contribution in [0.3, 0.4) is 0 Å². The number of methoxy groups -OCH3 is 2. The number of carbonyl (C=O) groups excluding carboxylic acids is 1. The maximum absolute atomic E-state index is 12.2. The first-order valence-corrected chi connectivity index (χ1v) is 8.81. The molecule has 0 bridgehead atoms. The summed E-state index contributed by atoms with van der Waals surface area (Å²) in [4.78, 5) is 12.2. The number of carbonyl (C=O) groups is 1. The van der Waals surface area contributed by atoms with E-state index in [1.807, 2.05) is 49.4 Å². The van der Waals surface area contributed by atoms with Crippen LogP contribution in [0.2, 0.25) is 0 Å². The molecule has 0 saturated heterocycles. The van der Waals surface area contributed by atoms with Crippen molar-refractivity contribution in [2.24, 2.45) is 5.92 Å². The van der Waals surface area contributed by atoms with Crippen molar-refractivity contribution in [3.05, 3.63) is 42.5 Å². The third kappa shape index (κ3) is 5.15. The lowest BCUT2D eigenvalue weighted by atomic mass is 10.0. The molecule has 0 aromatic heterocycles. The van der Waals surface area contributed by atoms with Gasteiger partial charge in [-0.2, -0.15) is 0 Å². The van der Waals surface area contributed by atoms with Crippen LogP contribution in [0.25, 0.3) is 11.1 Å². The van der Waals surface area contributed by atoms with E-state index in [9.17, 15) is 4.79 Å². The van der Waals surface area contributed by atoms with Crippen LogP contribution in [-0.2, 0) is 4.79 Å². The molecule has 1 amide bonds. The van der Waals surface area contributed by atoms with E-state index in [2.05, 4.69) is 24.5 Å². The topological polar surface area (TPSA) is 59.6 Å². The van der Waals surface area contributed by atoms with E-state index in [0.29, 0.717) is 12.5 Å². The SMILES string of the molecule is COc1ccc(-c2cc(N[C@H](C)C(=O)NCC(C)C)ccc2OC)cc1. The maximum Gasteiger partial charge on any atom is 0.242 e. The Morgan fingerprint density at radius 3 is 2.27 bits per heavy atom. The fourth-order valence-electron chi connectivity index (χ4n) is 2.57. The van der Waals surface area contributed by atoms with Crippen LogP contribution in [0.4, 0.5) is 5.69 Å². The van der Waals surface area contributed by atoms with E-state index >= 15 is 0 Å². The van der Waals surface area contributed by atoms with E-state index in [4.69, 9.17) is 9.47 Å². The van der Waals surface area contributed by atoms with Gasteiger partial charge in [0.15, 0.2) is 0 Å². The summed E-state index contributed by atoms with van der Waals surface area (Å²) in [7, 11) is 3.29. The number of benzene rings is 2. The van der Waals surface area contributed by atoms with Gasteiger partial charge in [0, 0.05) is 17.8 Å². The number of ether oxygens (including phenoxy) is 2. The summed E-state index contributed by atoms with van der Waals surface area (Å²) in [6.45, 7) is 6.67. The van der Waals surface area contributed by atoms with Gasteiger partial charge in [-0.25, -0.2) is 0 Å². The normalized spacial score (nSPS) is 11.8. The van der Waals surface area contributed by atoms with Gasteiger partial charge in [0.1, 0.15) is 17.5 Å². The van der Waals surface area contributed by atoms with Crippen LogP contribution < -0.4 is 20.1 Å². The van der Waals surface area contributed by atoms with E-state index < -0.39 is 0 Å². The zero-order valence-corrected chi connectivity index (χ0v) is 16.1. The molecule has 2 aromatic carbocycles. The highest BCUT2D eigenvalue weighted by Crippen LogP contribution is 2.33. The molecule has 0 spiro atoms. The van der Waals surface area contributed by atoms with Crippen molar-refractivity contribution < 1.29 is 14.3 Å². The Morgan fingerprint density at radius 2 is 1.69 bits per heavy atom. The largest absolute Gasteiger partial charge is 0.497 e. The van der Waals surface area contributed by atoms with Crippen LogP contribution in [0, 0.1) is 5.92 Å². The van der Waals surface area contributed by atoms with Crippen molar-refractivity contribution >= 4 is 11.6 Å². The number of amides is 1. The Bertz CT molecular complexity index is 727. The molecule has 0 aliphatic heterocycles. The van der Waals surface area contributed by atoms with Gasteiger partial charge in [-0.15, -0.1) is 0 Å². The van der Waals surface area contributed by atoms with Crippen molar-refractivity contribution in [2.45, 2.75) is 26.8 Å². The fourth-order valence-corrected chi connectivity index (χ4v) is 2.57. The summed E-state index contributed by atoms with van der Waals surface area (Å²) >= 11 is 0. The Kier molecular flexibility index (Phi) is 6.89. The summed E-state index contributed by atoms with van der Waals surface area (Å²) in [6.07, 6.45) is 0. The third-order valence-corrected chi connectivity index (χ3v) is 4.06. The summed E-state index contributed by atoms with van der Waals surface area (Å²) in [5.74, 6) is 1.99. The first kappa shape index (κ1) is 19.6. The van der Waals surface area contributed by atoms with Gasteiger partial charge in [-0.3, -0.25) is 4.79 Å². The van der Waals surface area contributed by atoms with E-state index in [-0.39, 0.29) is 11.9 Å². The number of anilines is 1. The first-order chi connectivity index (χ1) is 12.4. The standard InChI is InChI=1S/C21H28N2O3/c1-14(2)13-22-21(24)15(3)23-17-8-11-20(26-5)19(12-17)16-6-9-18(25-4)10-7-16/h6-12,14-15,23H,13H2,1-5H3,(H,22,24)/t15-/m1/s1. The lowest BCUT2D eigenvalue weighted by molar-refractivity contribution is -0.121. The zero-order chi connectivity index (χ0) is 19.1. The molecular weight excluding hydrogens is 328 g/mol. The van der Waals surface area contributed by atoms with Crippen molar-refractivity contribution in [2.75, 3.05) is 26.1 Å². The molecule has 0 radical (unpaired) electrons. The molecule has 1 atom stereocenters. The number of rotatable bonds is 8. The van der Waals surface area contributed by atoms with Gasteiger partial charge < -0.3 is 20.1 Å². The van der Waals surface area contributed by atoms with Crippen LogP contribution in [0.5, 0.6) is 11.5 Å². The minimum Gasteiger partial charge on any atom is -0.497 e. The molecule has 2 aromatic rings. The Morgan fingerprint density at radius 1 is 1.00 bits per heavy atom. The van der Waals surface area contributed by atoms with Gasteiger partial charge in [0.2, 0.25) is 5.91 Å². The highest BCUT2D eigenvalue weighted by Gasteiger charge is 2.14. The second-order valence-corrected chi connectivity index (χ2v) is 6.65. The lowest BCUT2D eigenvalue weighted by Gasteiger charge is -2.18. The monoisotopic (exact) mass is 356 g/mol. The molecule has 2 N–H and O–H groups in total. The van der Waals surface area contributed by atoms with Crippen LogP contribution in [-0.4, -0.2) is 32.7 Å². The predicted molar refractivity (Wildman–Crippen MR) is 106 cm³/mol. The predicted octanol–water partition coefficient (Wildman–Crippen LogP) is 3.94. The van der Waals surface area contributed by atoms with Crippen LogP contribution >= 0.6 is 0 Å². The van der Waals surface area contributed by atoms with Crippen LogP contribution in [0.15, 0.2) is 42.5 Å². The Labute approximate surface area is 155 Å². The van der Waals surface area contributed by atoms with E-state index in [1.165, 1.54) is 0 Å². The fraction of sp³-hybridized carbons (Fsp3) is 0.381. The highest BCUT2D eigenvalue weighted by atomic mass is 16.5. The molecule has 2 rings (SSSR count). The lowest BCUT2D eigenvalue weighted by Crippen LogP contribution is -2.39. The Balaban J connectivity index is 2.19. The minimum atomic E-state index is -0.328. The summed E-state index contributed by atoms with van der Waals surface area (Å²) in [5.41, 5.74) is 2.84. The zero-order valence-electron chi connectivity index (χ0n) is 16.1. The first-order valence-electron chi connectivity index (χ1n) is 8.81. The summed E-state index contributed by atoms with van der Waals surface area (Å²) in [6, 6.07) is 13.3. The molecule has 0 aliphatic carbocycles. The van der Waals surface area contributed by atoms with Crippen LogP contribution in [0.1, 0.15) is 20.8 Å². The molecule has 0 aliphatic rings. The summed E-state index contributed by atoms with van der Waals surface area (Å²) in [5, 5.41) is 6.20. The van der Waals surface area contributed by atoms with Gasteiger partial charge in [-0.1, -0.05) is 26.0 Å². The third-order valence-electron chi connectivity index (χ3n) is 4.06. The number of hydrogen-bond acceptors (Lipinski definition) is 4. The van der Waals surface area contributed by atoms with Crippen molar-refractivity contribution in [1.29, 1.82) is 0 Å². The molecule has 0 saturated carbocycles. The van der Waals surface area contributed by atoms with E-state index in [0.717, 1.165) is 28.3 Å². The molecule has 140 valence electrons. The van der Waals surface area contributed by atoms with Crippen molar-refractivity contribution in [3.63, 3.8) is 0 Å². The molecule has 0 unspecified atom stereocenters. The number of hydrogen-bond donors (Lipinski definition) is 2. The molecular formula is C21H28N2O3. The van der Waals surface area contributed by atoms with Gasteiger partial charge in [-0.05, 0) is 48.7 Å². The smallest absolute Gasteiger partial charge is 0.242 e. The average Bonchev–Trinajstić information content (AvgIpc) is 2.66. The quantitative estimate of drug-likeness (QED) is 0.752. The van der Waals surface area contributed by atoms with E-state index in [1.54, 1.807) is 14.2 Å². The average molecular weight is 356 g/mol. The van der Waals surface area contributed by atoms with Crippen molar-refractivity contribution in [1.82, 2.24) is 5.32 Å². The van der Waals surface area contributed by atoms with Gasteiger partial charge >= 0.3 is 0 Å². The summed E-state index contributed by atoms with van der Waals surface area (Å²) < 4.78 is 10.7. The van der Waals surface area contributed by atoms with Crippen molar-refractivity contribution in [3.8, 4) is 22.6 Å². The Hall–Kier alpha value is -2.69. The van der Waals surface area contributed by atoms with Gasteiger partial charge in [0.25, 0.3) is 0 Å². The molecule has 0 heterocycles.